The molecule has 0 heterocycles. The Kier molecular flexibility index (Phi) is 6.45. The molecule has 27 heavy (non-hydrogen) atoms. The predicted molar refractivity (Wildman–Crippen MR) is 106 cm³/mol. The SMILES string of the molecule is COc1ccc(OC)c(C(=O)N(C)CC(=O)Nc2c(C)cc(C)cc2C)c1. The summed E-state index contributed by atoms with van der Waals surface area (Å²) >= 11 is 0. The monoisotopic (exact) mass is 370 g/mol. The highest BCUT2D eigenvalue weighted by atomic mass is 16.5. The number of amides is 2. The third-order valence-corrected chi connectivity index (χ3v) is 4.31. The quantitative estimate of drug-likeness (QED) is 0.847. The molecule has 0 aliphatic heterocycles. The van der Waals surface area contributed by atoms with E-state index < -0.39 is 0 Å². The number of aryl methyl sites for hydroxylation is 3. The lowest BCUT2D eigenvalue weighted by Gasteiger charge is -2.20. The summed E-state index contributed by atoms with van der Waals surface area (Å²) in [6.07, 6.45) is 0. The van der Waals surface area contributed by atoms with Crippen LogP contribution in [0.5, 0.6) is 11.5 Å². The third-order valence-electron chi connectivity index (χ3n) is 4.31. The Morgan fingerprint density at radius 1 is 1.00 bits per heavy atom. The Bertz CT molecular complexity index is 838. The number of hydrogen-bond donors (Lipinski definition) is 1. The number of methoxy groups -OCH3 is 2. The van der Waals surface area contributed by atoms with Crippen molar-refractivity contribution in [3.8, 4) is 11.5 Å². The molecule has 6 heteroatoms. The molecule has 0 radical (unpaired) electrons. The van der Waals surface area contributed by atoms with Gasteiger partial charge < -0.3 is 19.7 Å². The molecule has 0 spiro atoms. The van der Waals surface area contributed by atoms with Crippen LogP contribution in [0.3, 0.4) is 0 Å². The Morgan fingerprint density at radius 3 is 2.19 bits per heavy atom. The zero-order valence-electron chi connectivity index (χ0n) is 16.7. The number of carbonyl (C=O) groups excluding carboxylic acids is 2. The summed E-state index contributed by atoms with van der Waals surface area (Å²) < 4.78 is 10.4. The van der Waals surface area contributed by atoms with E-state index in [9.17, 15) is 9.59 Å². The fraction of sp³-hybridized carbons (Fsp3) is 0.333. The number of anilines is 1. The van der Waals surface area contributed by atoms with Crippen molar-refractivity contribution in [2.24, 2.45) is 0 Å². The number of rotatable bonds is 6. The summed E-state index contributed by atoms with van der Waals surface area (Å²) in [6, 6.07) is 9.01. The van der Waals surface area contributed by atoms with Crippen molar-refractivity contribution in [3.63, 3.8) is 0 Å². The predicted octanol–water partition coefficient (Wildman–Crippen LogP) is 3.34. The van der Waals surface area contributed by atoms with Crippen molar-refractivity contribution < 1.29 is 19.1 Å². The Balaban J connectivity index is 2.14. The van der Waals surface area contributed by atoms with Gasteiger partial charge in [0, 0.05) is 12.7 Å². The summed E-state index contributed by atoms with van der Waals surface area (Å²) in [5, 5.41) is 2.91. The molecule has 2 aromatic carbocycles. The summed E-state index contributed by atoms with van der Waals surface area (Å²) in [4.78, 5) is 26.6. The van der Waals surface area contributed by atoms with Crippen molar-refractivity contribution >= 4 is 17.5 Å². The van der Waals surface area contributed by atoms with Gasteiger partial charge in [-0.05, 0) is 50.1 Å². The van der Waals surface area contributed by atoms with Gasteiger partial charge in [-0.1, -0.05) is 17.7 Å². The van der Waals surface area contributed by atoms with Gasteiger partial charge in [0.2, 0.25) is 5.91 Å². The highest BCUT2D eigenvalue weighted by Gasteiger charge is 2.20. The lowest BCUT2D eigenvalue weighted by atomic mass is 10.1. The topological polar surface area (TPSA) is 67.9 Å². The van der Waals surface area contributed by atoms with Crippen LogP contribution < -0.4 is 14.8 Å². The maximum Gasteiger partial charge on any atom is 0.257 e. The molecule has 2 aromatic rings. The van der Waals surface area contributed by atoms with E-state index in [1.54, 1.807) is 25.2 Å². The number of ether oxygens (including phenoxy) is 2. The standard InChI is InChI=1S/C21H26N2O4/c1-13-9-14(2)20(15(3)10-13)22-19(24)12-23(4)21(25)17-11-16(26-5)7-8-18(17)27-6/h7-11H,12H2,1-6H3,(H,22,24). The van der Waals surface area contributed by atoms with Crippen molar-refractivity contribution in [1.29, 1.82) is 0 Å². The van der Waals surface area contributed by atoms with Crippen molar-refractivity contribution in [2.45, 2.75) is 20.8 Å². The fourth-order valence-corrected chi connectivity index (χ4v) is 3.03. The highest BCUT2D eigenvalue weighted by molar-refractivity contribution is 6.01. The molecular weight excluding hydrogens is 344 g/mol. The molecule has 1 N–H and O–H groups in total. The largest absolute Gasteiger partial charge is 0.497 e. The summed E-state index contributed by atoms with van der Waals surface area (Å²) in [5.74, 6) is 0.391. The third kappa shape index (κ3) is 4.78. The number of nitrogens with zero attached hydrogens (tertiary/aromatic N) is 1. The molecule has 0 aliphatic carbocycles. The van der Waals surface area contributed by atoms with E-state index in [-0.39, 0.29) is 18.4 Å². The van der Waals surface area contributed by atoms with E-state index in [0.717, 1.165) is 22.4 Å². The Labute approximate surface area is 160 Å². The van der Waals surface area contributed by atoms with E-state index in [1.165, 1.54) is 19.1 Å². The average molecular weight is 370 g/mol. The zero-order chi connectivity index (χ0) is 20.1. The van der Waals surface area contributed by atoms with Gasteiger partial charge in [-0.2, -0.15) is 0 Å². The Morgan fingerprint density at radius 2 is 1.63 bits per heavy atom. The van der Waals surface area contributed by atoms with Crippen LogP contribution in [0, 0.1) is 20.8 Å². The van der Waals surface area contributed by atoms with Gasteiger partial charge in [0.05, 0.1) is 26.3 Å². The normalized spacial score (nSPS) is 10.3. The van der Waals surface area contributed by atoms with Gasteiger partial charge in [0.15, 0.2) is 0 Å². The van der Waals surface area contributed by atoms with Gasteiger partial charge in [-0.25, -0.2) is 0 Å². The van der Waals surface area contributed by atoms with Crippen LogP contribution in [0.4, 0.5) is 5.69 Å². The Hall–Kier alpha value is -3.02. The van der Waals surface area contributed by atoms with Crippen molar-refractivity contribution in [1.82, 2.24) is 4.90 Å². The van der Waals surface area contributed by atoms with Crippen LogP contribution in [0.25, 0.3) is 0 Å². The zero-order valence-corrected chi connectivity index (χ0v) is 16.7. The average Bonchev–Trinajstić information content (AvgIpc) is 2.63. The second kappa shape index (κ2) is 8.58. The van der Waals surface area contributed by atoms with Crippen LogP contribution in [-0.4, -0.2) is 44.5 Å². The smallest absolute Gasteiger partial charge is 0.257 e. The lowest BCUT2D eigenvalue weighted by molar-refractivity contribution is -0.116. The fourth-order valence-electron chi connectivity index (χ4n) is 3.03. The van der Waals surface area contributed by atoms with Crippen LogP contribution >= 0.6 is 0 Å². The number of hydrogen-bond acceptors (Lipinski definition) is 4. The molecule has 2 rings (SSSR count). The number of carbonyl (C=O) groups is 2. The first-order chi connectivity index (χ1) is 12.8. The second-order valence-electron chi connectivity index (χ2n) is 6.55. The summed E-state index contributed by atoms with van der Waals surface area (Å²) in [6.45, 7) is 5.84. The minimum atomic E-state index is -0.321. The molecule has 0 aromatic heterocycles. The van der Waals surface area contributed by atoms with Crippen LogP contribution in [-0.2, 0) is 4.79 Å². The van der Waals surface area contributed by atoms with Crippen LogP contribution in [0.2, 0.25) is 0 Å². The van der Waals surface area contributed by atoms with Gasteiger partial charge >= 0.3 is 0 Å². The number of likely N-dealkylation sites (N-methyl/N-ethyl adjacent to an activating group) is 1. The minimum Gasteiger partial charge on any atom is -0.497 e. The molecule has 2 amide bonds. The minimum absolute atomic E-state index is 0.0774. The maximum atomic E-state index is 12.8. The molecule has 0 saturated carbocycles. The molecule has 0 aliphatic rings. The first-order valence-corrected chi connectivity index (χ1v) is 8.62. The number of benzene rings is 2. The van der Waals surface area contributed by atoms with E-state index in [1.807, 2.05) is 32.9 Å². The molecule has 144 valence electrons. The van der Waals surface area contributed by atoms with E-state index in [4.69, 9.17) is 9.47 Å². The first kappa shape index (κ1) is 20.3. The molecule has 0 atom stereocenters. The summed E-state index contributed by atoms with van der Waals surface area (Å²) in [5.41, 5.74) is 4.24. The maximum absolute atomic E-state index is 12.8. The van der Waals surface area contributed by atoms with Gasteiger partial charge in [-0.15, -0.1) is 0 Å². The molecule has 0 unspecified atom stereocenters. The molecular formula is C21H26N2O4. The first-order valence-electron chi connectivity index (χ1n) is 8.62. The highest BCUT2D eigenvalue weighted by Crippen LogP contribution is 2.25. The molecule has 0 fully saturated rings. The van der Waals surface area contributed by atoms with Crippen molar-refractivity contribution in [3.05, 3.63) is 52.6 Å². The molecule has 0 bridgehead atoms. The van der Waals surface area contributed by atoms with E-state index >= 15 is 0 Å². The number of nitrogens with one attached hydrogen (secondary N) is 1. The summed E-state index contributed by atoms with van der Waals surface area (Å²) in [7, 11) is 4.60. The van der Waals surface area contributed by atoms with Crippen molar-refractivity contribution in [2.75, 3.05) is 33.1 Å². The second-order valence-corrected chi connectivity index (χ2v) is 6.55. The van der Waals surface area contributed by atoms with Gasteiger partial charge in [-0.3, -0.25) is 9.59 Å². The van der Waals surface area contributed by atoms with Crippen LogP contribution in [0.15, 0.2) is 30.3 Å². The lowest BCUT2D eigenvalue weighted by Crippen LogP contribution is -2.35. The van der Waals surface area contributed by atoms with Gasteiger partial charge in [0.1, 0.15) is 11.5 Å². The van der Waals surface area contributed by atoms with Gasteiger partial charge in [0.25, 0.3) is 5.91 Å². The molecule has 6 nitrogen and oxygen atoms in total. The van der Waals surface area contributed by atoms with Crippen LogP contribution in [0.1, 0.15) is 27.0 Å². The van der Waals surface area contributed by atoms with E-state index in [0.29, 0.717) is 17.1 Å². The molecule has 0 saturated heterocycles. The van der Waals surface area contributed by atoms with E-state index in [2.05, 4.69) is 5.32 Å².